The molecule has 1 fully saturated rings. The van der Waals surface area contributed by atoms with E-state index in [4.69, 9.17) is 17.3 Å². The largest absolute Gasteiger partial charge is 0.398 e. The van der Waals surface area contributed by atoms with E-state index in [0.29, 0.717) is 5.02 Å². The molecular weight excluding hydrogens is 240 g/mol. The van der Waals surface area contributed by atoms with Crippen molar-refractivity contribution >= 4 is 29.1 Å². The predicted octanol–water partition coefficient (Wildman–Crippen LogP) is 2.86. The summed E-state index contributed by atoms with van der Waals surface area (Å²) in [4.78, 5) is 2.47. The Hall–Kier alpha value is -0.380. The third kappa shape index (κ3) is 3.30. The average molecular weight is 257 g/mol. The maximum atomic E-state index is 5.96. The van der Waals surface area contributed by atoms with Gasteiger partial charge < -0.3 is 5.73 Å². The van der Waals surface area contributed by atoms with E-state index in [2.05, 4.69) is 4.90 Å². The van der Waals surface area contributed by atoms with E-state index >= 15 is 0 Å². The first-order chi connectivity index (χ1) is 7.75. The van der Waals surface area contributed by atoms with E-state index in [-0.39, 0.29) is 0 Å². The number of nitrogens with zero attached hydrogens (tertiary/aromatic N) is 1. The maximum absolute atomic E-state index is 5.96. The quantitative estimate of drug-likeness (QED) is 0.825. The molecule has 0 unspecified atom stereocenters. The van der Waals surface area contributed by atoms with Gasteiger partial charge in [-0.2, -0.15) is 11.8 Å². The highest BCUT2D eigenvalue weighted by molar-refractivity contribution is 7.99. The lowest BCUT2D eigenvalue weighted by molar-refractivity contribution is 0.288. The normalized spacial score (nSPS) is 18.3. The molecule has 2 N–H and O–H groups in total. The summed E-state index contributed by atoms with van der Waals surface area (Å²) in [5.41, 5.74) is 7.96. The first kappa shape index (κ1) is 12.1. The molecule has 0 aliphatic carbocycles. The van der Waals surface area contributed by atoms with Gasteiger partial charge in [-0.1, -0.05) is 17.7 Å². The number of rotatable bonds is 2. The van der Waals surface area contributed by atoms with Crippen molar-refractivity contribution in [3.05, 3.63) is 28.8 Å². The van der Waals surface area contributed by atoms with Crippen LogP contribution in [0.15, 0.2) is 18.2 Å². The van der Waals surface area contributed by atoms with E-state index in [1.807, 2.05) is 30.0 Å². The number of halogens is 1. The zero-order valence-corrected chi connectivity index (χ0v) is 10.9. The summed E-state index contributed by atoms with van der Waals surface area (Å²) in [5, 5.41) is 0.715. The van der Waals surface area contributed by atoms with Crippen LogP contribution in [-0.2, 0) is 6.54 Å². The zero-order chi connectivity index (χ0) is 11.4. The van der Waals surface area contributed by atoms with Crippen LogP contribution in [0.4, 0.5) is 5.69 Å². The van der Waals surface area contributed by atoms with Crippen molar-refractivity contribution in [2.45, 2.75) is 13.0 Å². The smallest absolute Gasteiger partial charge is 0.0426 e. The summed E-state index contributed by atoms with van der Waals surface area (Å²) in [6.07, 6.45) is 1.28. The fourth-order valence-electron chi connectivity index (χ4n) is 1.91. The minimum Gasteiger partial charge on any atom is -0.398 e. The van der Waals surface area contributed by atoms with E-state index in [9.17, 15) is 0 Å². The van der Waals surface area contributed by atoms with Crippen LogP contribution in [0, 0.1) is 0 Å². The van der Waals surface area contributed by atoms with Gasteiger partial charge in [-0.15, -0.1) is 0 Å². The highest BCUT2D eigenvalue weighted by atomic mass is 35.5. The number of nitrogen functional groups attached to an aromatic ring is 1. The Morgan fingerprint density at radius 2 is 2.19 bits per heavy atom. The summed E-state index contributed by atoms with van der Waals surface area (Å²) in [6, 6.07) is 5.79. The summed E-state index contributed by atoms with van der Waals surface area (Å²) in [6.45, 7) is 3.28. The Morgan fingerprint density at radius 1 is 1.31 bits per heavy atom. The molecule has 1 aliphatic heterocycles. The summed E-state index contributed by atoms with van der Waals surface area (Å²) in [7, 11) is 0. The van der Waals surface area contributed by atoms with Crippen molar-refractivity contribution in [3.8, 4) is 0 Å². The van der Waals surface area contributed by atoms with Gasteiger partial charge in [0.1, 0.15) is 0 Å². The van der Waals surface area contributed by atoms with Crippen molar-refractivity contribution < 1.29 is 0 Å². The number of benzene rings is 1. The van der Waals surface area contributed by atoms with Crippen molar-refractivity contribution in [2.24, 2.45) is 0 Å². The van der Waals surface area contributed by atoms with Gasteiger partial charge in [-0.3, -0.25) is 4.90 Å². The first-order valence-electron chi connectivity index (χ1n) is 5.60. The molecule has 1 heterocycles. The summed E-state index contributed by atoms with van der Waals surface area (Å²) in [5.74, 6) is 2.51. The Bertz CT molecular complexity index is 349. The van der Waals surface area contributed by atoms with Crippen LogP contribution in [-0.4, -0.2) is 29.5 Å². The molecule has 16 heavy (non-hydrogen) atoms. The molecule has 0 aromatic heterocycles. The van der Waals surface area contributed by atoms with Gasteiger partial charge in [0.05, 0.1) is 0 Å². The summed E-state index contributed by atoms with van der Waals surface area (Å²) >= 11 is 7.93. The molecular formula is C12H17ClN2S. The second-order valence-corrected chi connectivity index (χ2v) is 5.75. The second kappa shape index (κ2) is 5.80. The molecule has 88 valence electrons. The first-order valence-corrected chi connectivity index (χ1v) is 7.13. The predicted molar refractivity (Wildman–Crippen MR) is 73.1 cm³/mol. The van der Waals surface area contributed by atoms with Crippen LogP contribution in [0.1, 0.15) is 12.0 Å². The van der Waals surface area contributed by atoms with Crippen LogP contribution in [0.3, 0.4) is 0 Å². The number of anilines is 1. The number of hydrogen-bond donors (Lipinski definition) is 1. The molecule has 0 amide bonds. The van der Waals surface area contributed by atoms with Crippen molar-refractivity contribution in [3.63, 3.8) is 0 Å². The molecule has 0 spiro atoms. The number of hydrogen-bond acceptors (Lipinski definition) is 3. The van der Waals surface area contributed by atoms with Crippen LogP contribution in [0.2, 0.25) is 5.02 Å². The van der Waals surface area contributed by atoms with Crippen molar-refractivity contribution in [1.29, 1.82) is 0 Å². The fraction of sp³-hybridized carbons (Fsp3) is 0.500. The van der Waals surface area contributed by atoms with Gasteiger partial charge in [-0.25, -0.2) is 0 Å². The van der Waals surface area contributed by atoms with Gasteiger partial charge in [0.15, 0.2) is 0 Å². The number of nitrogens with two attached hydrogens (primary N) is 1. The molecule has 0 radical (unpaired) electrons. The molecule has 1 aromatic rings. The third-order valence-electron chi connectivity index (χ3n) is 2.82. The Morgan fingerprint density at radius 3 is 3.00 bits per heavy atom. The summed E-state index contributed by atoms with van der Waals surface area (Å²) < 4.78 is 0. The third-order valence-corrected chi connectivity index (χ3v) is 4.10. The fourth-order valence-corrected chi connectivity index (χ4v) is 3.01. The number of thioether (sulfide) groups is 1. The highest BCUT2D eigenvalue weighted by Gasteiger charge is 2.11. The molecule has 4 heteroatoms. The lowest BCUT2D eigenvalue weighted by Crippen LogP contribution is -2.25. The minimum absolute atomic E-state index is 0.715. The van der Waals surface area contributed by atoms with E-state index in [1.54, 1.807) is 0 Å². The van der Waals surface area contributed by atoms with Crippen LogP contribution >= 0.6 is 23.4 Å². The van der Waals surface area contributed by atoms with Crippen molar-refractivity contribution in [2.75, 3.05) is 30.3 Å². The van der Waals surface area contributed by atoms with Gasteiger partial charge in [0, 0.05) is 29.6 Å². The molecule has 2 nitrogen and oxygen atoms in total. The van der Waals surface area contributed by atoms with E-state index in [0.717, 1.165) is 18.8 Å². The van der Waals surface area contributed by atoms with E-state index in [1.165, 1.54) is 30.0 Å². The highest BCUT2D eigenvalue weighted by Crippen LogP contribution is 2.20. The molecule has 2 rings (SSSR count). The van der Waals surface area contributed by atoms with Crippen molar-refractivity contribution in [1.82, 2.24) is 4.90 Å². The van der Waals surface area contributed by atoms with Gasteiger partial charge in [0.2, 0.25) is 0 Å². The Labute approximate surface area is 106 Å². The van der Waals surface area contributed by atoms with Gasteiger partial charge in [-0.05, 0) is 36.4 Å². The standard InChI is InChI=1S/C12H17ClN2S/c13-11-3-2-10(12(14)8-11)9-15-4-1-6-16-7-5-15/h2-3,8H,1,4-7,9,14H2. The van der Waals surface area contributed by atoms with Gasteiger partial charge >= 0.3 is 0 Å². The van der Waals surface area contributed by atoms with Gasteiger partial charge in [0.25, 0.3) is 0 Å². The maximum Gasteiger partial charge on any atom is 0.0426 e. The SMILES string of the molecule is Nc1cc(Cl)ccc1CN1CCCSCC1. The molecule has 1 saturated heterocycles. The average Bonchev–Trinajstić information content (AvgIpc) is 2.51. The Kier molecular flexibility index (Phi) is 4.38. The lowest BCUT2D eigenvalue weighted by Gasteiger charge is -2.20. The van der Waals surface area contributed by atoms with Crippen LogP contribution in [0.5, 0.6) is 0 Å². The van der Waals surface area contributed by atoms with Crippen LogP contribution < -0.4 is 5.73 Å². The molecule has 1 aromatic carbocycles. The molecule has 1 aliphatic rings. The minimum atomic E-state index is 0.715. The van der Waals surface area contributed by atoms with E-state index < -0.39 is 0 Å². The topological polar surface area (TPSA) is 29.3 Å². The molecule has 0 saturated carbocycles. The molecule has 0 atom stereocenters. The van der Waals surface area contributed by atoms with Crippen LogP contribution in [0.25, 0.3) is 0 Å². The monoisotopic (exact) mass is 256 g/mol. The Balaban J connectivity index is 2.01. The lowest BCUT2D eigenvalue weighted by atomic mass is 10.1. The second-order valence-electron chi connectivity index (χ2n) is 4.09. The molecule has 0 bridgehead atoms. The zero-order valence-electron chi connectivity index (χ0n) is 9.29.